The number of nitrogens with one attached hydrogen (secondary N) is 1. The van der Waals surface area contributed by atoms with E-state index in [1.165, 1.54) is 0 Å². The Hall–Kier alpha value is -2.69. The Bertz CT molecular complexity index is 844. The molecule has 0 saturated carbocycles. The van der Waals surface area contributed by atoms with Crippen LogP contribution in [0.5, 0.6) is 17.2 Å². The summed E-state index contributed by atoms with van der Waals surface area (Å²) in [5.41, 5.74) is 2.58. The zero-order chi connectivity index (χ0) is 19.6. The molecule has 144 valence electrons. The lowest BCUT2D eigenvalue weighted by atomic mass is 9.89. The fraction of sp³-hybridized carbons (Fsp3) is 0.409. The lowest BCUT2D eigenvalue weighted by Crippen LogP contribution is -2.41. The second-order valence-corrected chi connectivity index (χ2v) is 7.57. The number of benzene rings is 2. The topological polar surface area (TPSA) is 56.8 Å². The molecule has 0 fully saturated rings. The Balaban J connectivity index is 1.78. The van der Waals surface area contributed by atoms with Gasteiger partial charge < -0.3 is 19.5 Å². The van der Waals surface area contributed by atoms with Gasteiger partial charge in [-0.3, -0.25) is 4.79 Å². The number of ether oxygens (including phenoxy) is 3. The predicted molar refractivity (Wildman–Crippen MR) is 105 cm³/mol. The van der Waals surface area contributed by atoms with E-state index in [0.717, 1.165) is 33.9 Å². The quantitative estimate of drug-likeness (QED) is 0.866. The highest BCUT2D eigenvalue weighted by atomic mass is 16.5. The minimum atomic E-state index is -0.351. The number of fused-ring (bicyclic) bond motifs is 1. The van der Waals surface area contributed by atoms with Crippen molar-refractivity contribution < 1.29 is 19.0 Å². The van der Waals surface area contributed by atoms with Crippen LogP contribution in [0, 0.1) is 6.92 Å². The minimum Gasteiger partial charge on any atom is -0.497 e. The highest BCUT2D eigenvalue weighted by molar-refractivity contribution is 5.79. The van der Waals surface area contributed by atoms with E-state index in [0.29, 0.717) is 12.8 Å². The van der Waals surface area contributed by atoms with E-state index < -0.39 is 0 Å². The SMILES string of the molecule is COc1ccc2c(c1)[C@H](NC(=O)Cc1ccc(OC)c(C)c1)CC(C)(C)O2. The van der Waals surface area contributed by atoms with Crippen LogP contribution in [-0.2, 0) is 11.2 Å². The summed E-state index contributed by atoms with van der Waals surface area (Å²) in [4.78, 5) is 12.7. The number of methoxy groups -OCH3 is 2. The summed E-state index contributed by atoms with van der Waals surface area (Å²) in [5, 5.41) is 3.17. The molecular formula is C22H27NO4. The van der Waals surface area contributed by atoms with E-state index in [2.05, 4.69) is 5.32 Å². The van der Waals surface area contributed by atoms with E-state index in [1.807, 2.05) is 57.2 Å². The third kappa shape index (κ3) is 4.35. The number of carbonyl (C=O) groups excluding carboxylic acids is 1. The molecule has 0 aromatic heterocycles. The lowest BCUT2D eigenvalue weighted by molar-refractivity contribution is -0.121. The molecule has 3 rings (SSSR count). The van der Waals surface area contributed by atoms with Crippen molar-refractivity contribution in [3.63, 3.8) is 0 Å². The fourth-order valence-electron chi connectivity index (χ4n) is 3.57. The Kier molecular flexibility index (Phi) is 5.31. The zero-order valence-corrected chi connectivity index (χ0v) is 16.6. The molecule has 1 heterocycles. The summed E-state index contributed by atoms with van der Waals surface area (Å²) in [5.74, 6) is 2.35. The number of hydrogen-bond donors (Lipinski definition) is 1. The first-order valence-electron chi connectivity index (χ1n) is 9.11. The Morgan fingerprint density at radius 3 is 2.63 bits per heavy atom. The van der Waals surface area contributed by atoms with Crippen LogP contribution in [0.2, 0.25) is 0 Å². The average Bonchev–Trinajstić information content (AvgIpc) is 2.60. The number of hydrogen-bond acceptors (Lipinski definition) is 4. The first-order chi connectivity index (χ1) is 12.8. The summed E-state index contributed by atoms with van der Waals surface area (Å²) >= 11 is 0. The standard InChI is InChI=1S/C22H27NO4/c1-14-10-15(6-8-19(14)26-5)11-21(24)23-18-13-22(2,3)27-20-9-7-16(25-4)12-17(18)20/h6-10,12,18H,11,13H2,1-5H3,(H,23,24)/t18-/m1/s1. The normalized spacial score (nSPS) is 17.4. The van der Waals surface area contributed by atoms with E-state index in [-0.39, 0.29) is 17.6 Å². The van der Waals surface area contributed by atoms with E-state index in [4.69, 9.17) is 14.2 Å². The number of amides is 1. The summed E-state index contributed by atoms with van der Waals surface area (Å²) < 4.78 is 16.7. The molecule has 5 heteroatoms. The number of carbonyl (C=O) groups is 1. The van der Waals surface area contributed by atoms with Crippen LogP contribution in [0.15, 0.2) is 36.4 Å². The van der Waals surface area contributed by atoms with E-state index in [1.54, 1.807) is 14.2 Å². The van der Waals surface area contributed by atoms with Crippen molar-refractivity contribution >= 4 is 5.91 Å². The maximum atomic E-state index is 12.7. The number of rotatable bonds is 5. The summed E-state index contributed by atoms with van der Waals surface area (Å²) in [6.45, 7) is 6.04. The molecule has 1 atom stereocenters. The molecule has 0 saturated heterocycles. The molecule has 1 aliphatic rings. The third-order valence-electron chi connectivity index (χ3n) is 4.83. The fourth-order valence-corrected chi connectivity index (χ4v) is 3.57. The number of aryl methyl sites for hydroxylation is 1. The van der Waals surface area contributed by atoms with Crippen molar-refractivity contribution in [3.8, 4) is 17.2 Å². The smallest absolute Gasteiger partial charge is 0.224 e. The molecule has 0 radical (unpaired) electrons. The molecule has 2 aromatic rings. The van der Waals surface area contributed by atoms with Gasteiger partial charge >= 0.3 is 0 Å². The van der Waals surface area contributed by atoms with Gasteiger partial charge in [-0.05, 0) is 56.2 Å². The van der Waals surface area contributed by atoms with Gasteiger partial charge in [-0.2, -0.15) is 0 Å². The summed E-state index contributed by atoms with van der Waals surface area (Å²) in [6.07, 6.45) is 1.02. The molecule has 1 aliphatic heterocycles. The van der Waals surface area contributed by atoms with E-state index in [9.17, 15) is 4.79 Å². The highest BCUT2D eigenvalue weighted by Gasteiger charge is 2.34. The van der Waals surface area contributed by atoms with Gasteiger partial charge in [-0.15, -0.1) is 0 Å². The monoisotopic (exact) mass is 369 g/mol. The van der Waals surface area contributed by atoms with Crippen LogP contribution in [0.3, 0.4) is 0 Å². The van der Waals surface area contributed by atoms with Crippen molar-refractivity contribution in [3.05, 3.63) is 53.1 Å². The Morgan fingerprint density at radius 1 is 1.19 bits per heavy atom. The van der Waals surface area contributed by atoms with Crippen molar-refractivity contribution in [2.45, 2.75) is 45.3 Å². The van der Waals surface area contributed by atoms with Crippen LogP contribution in [0.4, 0.5) is 0 Å². The van der Waals surface area contributed by atoms with Crippen LogP contribution >= 0.6 is 0 Å². The first kappa shape index (κ1) is 19.1. The summed E-state index contributed by atoms with van der Waals surface area (Å²) in [7, 11) is 3.28. The van der Waals surface area contributed by atoms with Crippen LogP contribution in [0.1, 0.15) is 43.0 Å². The molecule has 0 spiro atoms. The van der Waals surface area contributed by atoms with Gasteiger partial charge in [0, 0.05) is 12.0 Å². The van der Waals surface area contributed by atoms with Crippen molar-refractivity contribution in [1.29, 1.82) is 0 Å². The second kappa shape index (κ2) is 7.51. The van der Waals surface area contributed by atoms with Crippen LogP contribution < -0.4 is 19.5 Å². The lowest BCUT2D eigenvalue weighted by Gasteiger charge is -2.38. The molecule has 27 heavy (non-hydrogen) atoms. The molecule has 2 aromatic carbocycles. The molecule has 0 unspecified atom stereocenters. The van der Waals surface area contributed by atoms with Crippen LogP contribution in [-0.4, -0.2) is 25.7 Å². The third-order valence-corrected chi connectivity index (χ3v) is 4.83. The molecule has 1 N–H and O–H groups in total. The minimum absolute atomic E-state index is 0.0176. The van der Waals surface area contributed by atoms with Gasteiger partial charge in [0.2, 0.25) is 5.91 Å². The van der Waals surface area contributed by atoms with Gasteiger partial charge in [0.25, 0.3) is 0 Å². The van der Waals surface area contributed by atoms with Gasteiger partial charge in [-0.25, -0.2) is 0 Å². The summed E-state index contributed by atoms with van der Waals surface area (Å²) in [6, 6.07) is 11.4. The molecular weight excluding hydrogens is 342 g/mol. The maximum absolute atomic E-state index is 12.7. The average molecular weight is 369 g/mol. The first-order valence-corrected chi connectivity index (χ1v) is 9.11. The van der Waals surface area contributed by atoms with Gasteiger partial charge in [-0.1, -0.05) is 12.1 Å². The predicted octanol–water partition coefficient (Wildman–Crippen LogP) is 3.97. The Morgan fingerprint density at radius 2 is 1.96 bits per heavy atom. The van der Waals surface area contributed by atoms with Gasteiger partial charge in [0.1, 0.15) is 22.8 Å². The molecule has 0 bridgehead atoms. The van der Waals surface area contributed by atoms with Crippen LogP contribution in [0.25, 0.3) is 0 Å². The maximum Gasteiger partial charge on any atom is 0.224 e. The van der Waals surface area contributed by atoms with Gasteiger partial charge in [0.15, 0.2) is 0 Å². The Labute approximate surface area is 160 Å². The van der Waals surface area contributed by atoms with Crippen molar-refractivity contribution in [1.82, 2.24) is 5.32 Å². The highest BCUT2D eigenvalue weighted by Crippen LogP contribution is 2.41. The molecule has 5 nitrogen and oxygen atoms in total. The van der Waals surface area contributed by atoms with Gasteiger partial charge in [0.05, 0.1) is 26.7 Å². The van der Waals surface area contributed by atoms with Crippen molar-refractivity contribution in [2.75, 3.05) is 14.2 Å². The van der Waals surface area contributed by atoms with Crippen molar-refractivity contribution in [2.24, 2.45) is 0 Å². The second-order valence-electron chi connectivity index (χ2n) is 7.57. The molecule has 0 aliphatic carbocycles. The van der Waals surface area contributed by atoms with E-state index >= 15 is 0 Å². The molecule has 1 amide bonds. The zero-order valence-electron chi connectivity index (χ0n) is 16.6. The largest absolute Gasteiger partial charge is 0.497 e.